The van der Waals surface area contributed by atoms with Crippen molar-refractivity contribution in [1.29, 1.82) is 0 Å². The maximum absolute atomic E-state index is 2.40. The second kappa shape index (κ2) is 7.39. The van der Waals surface area contributed by atoms with E-state index < -0.39 is 0 Å². The van der Waals surface area contributed by atoms with E-state index in [0.717, 1.165) is 6.42 Å². The first-order valence-corrected chi connectivity index (χ1v) is 9.61. The smallest absolute Gasteiger partial charge is 0.200 e. The zero-order valence-corrected chi connectivity index (χ0v) is 16.3. The second-order valence-electron chi connectivity index (χ2n) is 7.14. The van der Waals surface area contributed by atoms with E-state index in [2.05, 4.69) is 88.0 Å². The van der Waals surface area contributed by atoms with Crippen molar-refractivity contribution in [2.75, 3.05) is 0 Å². The van der Waals surface area contributed by atoms with Gasteiger partial charge in [-0.1, -0.05) is 45.0 Å². The lowest BCUT2D eigenvalue weighted by Crippen LogP contribution is -2.30. The van der Waals surface area contributed by atoms with Gasteiger partial charge in [-0.3, -0.25) is 0 Å². The molecule has 0 saturated carbocycles. The predicted molar refractivity (Wildman–Crippen MR) is 108 cm³/mol. The fourth-order valence-corrected chi connectivity index (χ4v) is 3.88. The molecule has 2 aromatic carbocycles. The number of rotatable bonds is 5. The van der Waals surface area contributed by atoms with E-state index in [1.807, 2.05) is 0 Å². The van der Waals surface area contributed by atoms with Gasteiger partial charge in [0.2, 0.25) is 5.69 Å². The summed E-state index contributed by atoms with van der Waals surface area (Å²) in [5.74, 6) is 0.659. The molecule has 0 atom stereocenters. The van der Waals surface area contributed by atoms with Crippen molar-refractivity contribution in [2.24, 2.45) is 7.05 Å². The van der Waals surface area contributed by atoms with Crippen LogP contribution in [0.5, 0.6) is 0 Å². The van der Waals surface area contributed by atoms with Crippen molar-refractivity contribution in [2.45, 2.75) is 52.9 Å². The Hall–Kier alpha value is -2.15. The molecule has 3 rings (SSSR count). The number of hydrogen-bond acceptors (Lipinski definition) is 0. The van der Waals surface area contributed by atoms with Gasteiger partial charge < -0.3 is 0 Å². The third-order valence-corrected chi connectivity index (χ3v) is 5.58. The summed E-state index contributed by atoms with van der Waals surface area (Å²) in [4.78, 5) is 0. The average molecular weight is 333 g/mol. The van der Waals surface area contributed by atoms with Gasteiger partial charge >= 0.3 is 0 Å². The fourth-order valence-electron chi connectivity index (χ4n) is 3.88. The molecule has 0 bridgehead atoms. The number of nitrogens with zero attached hydrogens (tertiary/aromatic N) is 1. The highest BCUT2D eigenvalue weighted by Gasteiger charge is 2.18. The lowest BCUT2D eigenvalue weighted by Gasteiger charge is -2.15. The molecule has 0 saturated heterocycles. The van der Waals surface area contributed by atoms with Crippen molar-refractivity contribution in [1.82, 2.24) is 0 Å². The minimum atomic E-state index is 0.659. The van der Waals surface area contributed by atoms with E-state index in [1.54, 1.807) is 0 Å². The van der Waals surface area contributed by atoms with E-state index in [4.69, 9.17) is 0 Å². The normalized spacial score (nSPS) is 11.4. The SMILES string of the molecule is CCc1ccc(C)c(-c2c3ccc(C(CC)CC)cc3cc[n+]2C)c1. The zero-order valence-electron chi connectivity index (χ0n) is 16.3. The van der Waals surface area contributed by atoms with Crippen LogP contribution in [0.2, 0.25) is 0 Å². The second-order valence-corrected chi connectivity index (χ2v) is 7.14. The molecule has 0 aliphatic heterocycles. The van der Waals surface area contributed by atoms with Crippen LogP contribution < -0.4 is 4.57 Å². The molecule has 0 aliphatic carbocycles. The lowest BCUT2D eigenvalue weighted by molar-refractivity contribution is -0.659. The highest BCUT2D eigenvalue weighted by Crippen LogP contribution is 2.32. The third kappa shape index (κ3) is 3.33. The molecule has 1 aromatic heterocycles. The molecule has 0 radical (unpaired) electrons. The molecule has 0 spiro atoms. The predicted octanol–water partition coefficient (Wildman–Crippen LogP) is 6.11. The minimum Gasteiger partial charge on any atom is -0.200 e. The molecule has 1 nitrogen and oxygen atoms in total. The van der Waals surface area contributed by atoms with E-state index in [1.165, 1.54) is 51.6 Å². The highest BCUT2D eigenvalue weighted by molar-refractivity contribution is 5.94. The van der Waals surface area contributed by atoms with Crippen molar-refractivity contribution < 1.29 is 4.57 Å². The summed E-state index contributed by atoms with van der Waals surface area (Å²) in [7, 11) is 2.15. The van der Waals surface area contributed by atoms with Gasteiger partial charge in [0.25, 0.3) is 0 Å². The number of fused-ring (bicyclic) bond motifs is 1. The highest BCUT2D eigenvalue weighted by atomic mass is 14.9. The standard InChI is InChI=1S/C24H30N/c1-6-18-10-9-17(4)23(15-18)24-22-12-11-20(19(7-2)8-3)16-21(22)13-14-25(24)5/h9-16,19H,6-8H2,1-5H3/q+1. The van der Waals surface area contributed by atoms with Crippen LogP contribution in [0.1, 0.15) is 56.2 Å². The third-order valence-electron chi connectivity index (χ3n) is 5.58. The minimum absolute atomic E-state index is 0.659. The summed E-state index contributed by atoms with van der Waals surface area (Å²) < 4.78 is 2.26. The Kier molecular flexibility index (Phi) is 5.22. The number of aryl methyl sites for hydroxylation is 3. The molecular weight excluding hydrogens is 302 g/mol. The van der Waals surface area contributed by atoms with Crippen LogP contribution in [-0.4, -0.2) is 0 Å². The molecule has 3 aromatic rings. The van der Waals surface area contributed by atoms with Crippen LogP contribution in [0.3, 0.4) is 0 Å². The average Bonchev–Trinajstić information content (AvgIpc) is 2.63. The Morgan fingerprint density at radius 2 is 1.68 bits per heavy atom. The topological polar surface area (TPSA) is 3.88 Å². The van der Waals surface area contributed by atoms with Crippen molar-refractivity contribution in [3.8, 4) is 11.3 Å². The van der Waals surface area contributed by atoms with Crippen LogP contribution in [-0.2, 0) is 13.5 Å². The quantitative estimate of drug-likeness (QED) is 0.497. The first-order valence-electron chi connectivity index (χ1n) is 9.61. The molecule has 25 heavy (non-hydrogen) atoms. The summed E-state index contributed by atoms with van der Waals surface area (Å²) in [5, 5.41) is 2.69. The molecule has 0 aliphatic rings. The maximum Gasteiger partial charge on any atom is 0.220 e. The van der Waals surface area contributed by atoms with Crippen molar-refractivity contribution in [3.05, 3.63) is 65.4 Å². The zero-order chi connectivity index (χ0) is 18.0. The van der Waals surface area contributed by atoms with Gasteiger partial charge in [-0.05, 0) is 66.3 Å². The molecule has 0 unspecified atom stereocenters. The van der Waals surface area contributed by atoms with Crippen LogP contribution >= 0.6 is 0 Å². The van der Waals surface area contributed by atoms with E-state index >= 15 is 0 Å². The van der Waals surface area contributed by atoms with Gasteiger partial charge in [-0.15, -0.1) is 0 Å². The van der Waals surface area contributed by atoms with Crippen molar-refractivity contribution in [3.63, 3.8) is 0 Å². The van der Waals surface area contributed by atoms with Gasteiger partial charge in [-0.2, -0.15) is 0 Å². The largest absolute Gasteiger partial charge is 0.220 e. The van der Waals surface area contributed by atoms with E-state index in [0.29, 0.717) is 5.92 Å². The van der Waals surface area contributed by atoms with Gasteiger partial charge in [0.05, 0.1) is 5.39 Å². The van der Waals surface area contributed by atoms with Crippen LogP contribution in [0.25, 0.3) is 22.0 Å². The Morgan fingerprint density at radius 3 is 2.36 bits per heavy atom. The molecule has 1 heteroatoms. The summed E-state index contributed by atoms with van der Waals surface area (Å²) in [6.45, 7) is 9.01. The van der Waals surface area contributed by atoms with E-state index in [9.17, 15) is 0 Å². The Bertz CT molecular complexity index is 888. The number of benzene rings is 2. The Balaban J connectivity index is 2.23. The monoisotopic (exact) mass is 332 g/mol. The van der Waals surface area contributed by atoms with Crippen LogP contribution in [0.15, 0.2) is 48.7 Å². The fraction of sp³-hybridized carbons (Fsp3) is 0.375. The maximum atomic E-state index is 2.40. The van der Waals surface area contributed by atoms with Crippen LogP contribution in [0.4, 0.5) is 0 Å². The van der Waals surface area contributed by atoms with Crippen molar-refractivity contribution >= 4 is 10.8 Å². The number of hydrogen-bond donors (Lipinski definition) is 0. The number of pyridine rings is 1. The first kappa shape index (κ1) is 17.7. The first-order chi connectivity index (χ1) is 12.1. The Morgan fingerprint density at radius 1 is 0.920 bits per heavy atom. The van der Waals surface area contributed by atoms with E-state index in [-0.39, 0.29) is 0 Å². The summed E-state index contributed by atoms with van der Waals surface area (Å²) >= 11 is 0. The molecule has 0 fully saturated rings. The summed E-state index contributed by atoms with van der Waals surface area (Å²) in [6.07, 6.45) is 5.67. The lowest BCUT2D eigenvalue weighted by atomic mass is 9.91. The molecule has 130 valence electrons. The van der Waals surface area contributed by atoms with Crippen LogP contribution in [0, 0.1) is 6.92 Å². The molecule has 1 heterocycles. The van der Waals surface area contributed by atoms with Gasteiger partial charge in [-0.25, -0.2) is 4.57 Å². The van der Waals surface area contributed by atoms with Gasteiger partial charge in [0, 0.05) is 11.6 Å². The molecular formula is C24H30N+. The number of aromatic nitrogens is 1. The summed E-state index contributed by atoms with van der Waals surface area (Å²) in [5.41, 5.74) is 6.87. The summed E-state index contributed by atoms with van der Waals surface area (Å²) in [6, 6.07) is 16.2. The van der Waals surface area contributed by atoms with Gasteiger partial charge in [0.15, 0.2) is 6.20 Å². The molecule has 0 amide bonds. The van der Waals surface area contributed by atoms with Gasteiger partial charge in [0.1, 0.15) is 7.05 Å². The molecule has 0 N–H and O–H groups in total. The Labute approximate surface area is 152 Å².